The number of halogens is 1. The lowest BCUT2D eigenvalue weighted by atomic mass is 10.0. The highest BCUT2D eigenvalue weighted by atomic mass is 35.5. The zero-order valence-electron chi connectivity index (χ0n) is 21.7. The largest absolute Gasteiger partial charge is 0.324 e. The molecule has 0 aliphatic carbocycles. The van der Waals surface area contributed by atoms with Crippen LogP contribution in [0.1, 0.15) is 59.1 Å². The second-order valence-corrected chi connectivity index (χ2v) is 11.9. The van der Waals surface area contributed by atoms with E-state index in [0.717, 1.165) is 42.6 Å². The summed E-state index contributed by atoms with van der Waals surface area (Å²) >= 11 is 6.68. The molecule has 0 radical (unpaired) electrons. The molecule has 1 heterocycles. The molecule has 4 rings (SSSR count). The molecule has 1 amide bonds. The lowest BCUT2D eigenvalue weighted by Gasteiger charge is -2.17. The van der Waals surface area contributed by atoms with Gasteiger partial charge in [-0.3, -0.25) is 4.79 Å². The van der Waals surface area contributed by atoms with Gasteiger partial charge in [0.25, 0.3) is 15.9 Å². The molecule has 0 unspecified atom stereocenters. The average molecular weight is 553 g/mol. The van der Waals surface area contributed by atoms with Gasteiger partial charge in [-0.1, -0.05) is 73.8 Å². The van der Waals surface area contributed by atoms with Crippen molar-refractivity contribution in [1.29, 1.82) is 0 Å². The van der Waals surface area contributed by atoms with Gasteiger partial charge in [0.1, 0.15) is 5.82 Å². The summed E-state index contributed by atoms with van der Waals surface area (Å²) in [5.74, 6) is 5.59. The maximum absolute atomic E-state index is 13.0. The number of amides is 1. The van der Waals surface area contributed by atoms with E-state index in [-0.39, 0.29) is 11.3 Å². The molecule has 2 N–H and O–H groups in total. The highest BCUT2D eigenvalue weighted by molar-refractivity contribution is 7.89. The number of unbranched alkanes of at least 4 members (excludes halogenated alkanes) is 2. The Morgan fingerprint density at radius 3 is 2.45 bits per heavy atom. The highest BCUT2D eigenvalue weighted by Gasteiger charge is 2.26. The van der Waals surface area contributed by atoms with Crippen molar-refractivity contribution in [2.75, 3.05) is 5.75 Å². The first-order valence-electron chi connectivity index (χ1n) is 12.8. The van der Waals surface area contributed by atoms with Gasteiger partial charge in [0, 0.05) is 10.6 Å². The molecule has 7 nitrogen and oxygen atoms in total. The van der Waals surface area contributed by atoms with Crippen LogP contribution in [0.2, 0.25) is 5.02 Å². The van der Waals surface area contributed by atoms with Gasteiger partial charge in [-0.15, -0.1) is 0 Å². The number of sulfonamides is 1. The summed E-state index contributed by atoms with van der Waals surface area (Å²) in [6.45, 7) is 4.32. The van der Waals surface area contributed by atoms with Crippen LogP contribution < -0.4 is 5.84 Å². The van der Waals surface area contributed by atoms with Gasteiger partial charge in [-0.05, 0) is 67.1 Å². The third-order valence-corrected chi connectivity index (χ3v) is 8.60. The first-order chi connectivity index (χ1) is 18.2. The number of aryl methyl sites for hydroxylation is 3. The Morgan fingerprint density at radius 2 is 1.74 bits per heavy atom. The molecule has 0 bridgehead atoms. The van der Waals surface area contributed by atoms with E-state index < -0.39 is 15.9 Å². The molecular formula is C29H33ClN4O3S. The molecule has 0 aliphatic rings. The summed E-state index contributed by atoms with van der Waals surface area (Å²) < 4.78 is 27.4. The molecule has 3 aromatic carbocycles. The van der Waals surface area contributed by atoms with Crippen molar-refractivity contribution >= 4 is 38.6 Å². The number of hydrogen-bond acceptors (Lipinski definition) is 5. The van der Waals surface area contributed by atoms with Gasteiger partial charge in [-0.2, -0.15) is 4.41 Å². The fourth-order valence-electron chi connectivity index (χ4n) is 4.44. The van der Waals surface area contributed by atoms with Crippen molar-refractivity contribution in [3.05, 3.63) is 99.8 Å². The minimum absolute atomic E-state index is 0.164. The summed E-state index contributed by atoms with van der Waals surface area (Å²) in [6, 6.07) is 21.3. The van der Waals surface area contributed by atoms with Crippen molar-refractivity contribution < 1.29 is 13.2 Å². The Balaban J connectivity index is 1.54. The van der Waals surface area contributed by atoms with Crippen LogP contribution in [0, 0.1) is 6.92 Å². The van der Waals surface area contributed by atoms with E-state index in [1.54, 1.807) is 18.2 Å². The predicted octanol–water partition coefficient (Wildman–Crippen LogP) is 5.67. The van der Waals surface area contributed by atoms with Gasteiger partial charge >= 0.3 is 0 Å². The summed E-state index contributed by atoms with van der Waals surface area (Å²) in [5, 5.41) is 0.662. The molecule has 0 aliphatic heterocycles. The van der Waals surface area contributed by atoms with Crippen LogP contribution in [0.15, 0.2) is 66.7 Å². The Hall–Kier alpha value is -3.20. The van der Waals surface area contributed by atoms with Crippen LogP contribution in [-0.2, 0) is 29.4 Å². The minimum atomic E-state index is -3.90. The highest BCUT2D eigenvalue weighted by Crippen LogP contribution is 2.25. The Morgan fingerprint density at radius 1 is 1.00 bits per heavy atom. The third-order valence-electron chi connectivity index (χ3n) is 6.68. The number of rotatable bonds is 11. The van der Waals surface area contributed by atoms with Crippen LogP contribution in [0.25, 0.3) is 11.0 Å². The number of hydrazine groups is 1. The predicted molar refractivity (Wildman–Crippen MR) is 153 cm³/mol. The minimum Gasteiger partial charge on any atom is -0.324 e. The van der Waals surface area contributed by atoms with E-state index in [9.17, 15) is 13.2 Å². The van der Waals surface area contributed by atoms with Crippen LogP contribution in [-0.4, -0.2) is 34.0 Å². The Labute approximate surface area is 229 Å². The second kappa shape index (κ2) is 12.1. The first kappa shape index (κ1) is 27.8. The van der Waals surface area contributed by atoms with E-state index in [0.29, 0.717) is 33.4 Å². The summed E-state index contributed by atoms with van der Waals surface area (Å²) in [7, 11) is -3.90. The number of aromatic nitrogens is 2. The summed E-state index contributed by atoms with van der Waals surface area (Å²) in [6.07, 6.45) is 3.90. The van der Waals surface area contributed by atoms with Gasteiger partial charge < -0.3 is 4.57 Å². The third kappa shape index (κ3) is 6.43. The van der Waals surface area contributed by atoms with Crippen molar-refractivity contribution in [2.24, 2.45) is 5.84 Å². The number of carbonyl (C=O) groups is 1. The van der Waals surface area contributed by atoms with Crippen LogP contribution in [0.3, 0.4) is 0 Å². The molecule has 4 aromatic rings. The molecule has 0 fully saturated rings. The SMILES string of the molecule is CCCCCS(=O)(=O)N(N)C(=O)c1ccc2nc(C)n(Cc3ccc(CCc4ccccc4)cc3Cl)c2c1. The fourth-order valence-corrected chi connectivity index (χ4v) is 5.83. The maximum atomic E-state index is 13.0. The smallest absolute Gasteiger partial charge is 0.281 e. The van der Waals surface area contributed by atoms with Crippen LogP contribution >= 0.6 is 11.6 Å². The average Bonchev–Trinajstić information content (AvgIpc) is 3.22. The maximum Gasteiger partial charge on any atom is 0.281 e. The molecule has 1 aromatic heterocycles. The van der Waals surface area contributed by atoms with Gasteiger partial charge in [0.2, 0.25) is 0 Å². The lowest BCUT2D eigenvalue weighted by molar-refractivity contribution is 0.0861. The monoisotopic (exact) mass is 552 g/mol. The molecule has 0 atom stereocenters. The molecule has 38 heavy (non-hydrogen) atoms. The zero-order valence-corrected chi connectivity index (χ0v) is 23.3. The standard InChI is InChI=1S/C29H33ClN4O3S/c1-3-4-8-17-38(36,37)34(31)29(35)24-15-16-27-28(19-24)33(21(2)32-27)20-25-14-13-23(18-26(25)30)12-11-22-9-6-5-7-10-22/h5-7,9-10,13-16,18-19H,3-4,8,11-12,17,20,31H2,1-2H3. The number of nitrogens with two attached hydrogens (primary N) is 1. The van der Waals surface area contributed by atoms with E-state index in [1.165, 1.54) is 5.56 Å². The second-order valence-electron chi connectivity index (χ2n) is 9.48. The van der Waals surface area contributed by atoms with Gasteiger partial charge in [0.15, 0.2) is 0 Å². The Bertz CT molecular complexity index is 1530. The van der Waals surface area contributed by atoms with Crippen molar-refractivity contribution in [3.63, 3.8) is 0 Å². The van der Waals surface area contributed by atoms with Crippen molar-refractivity contribution in [2.45, 2.75) is 52.5 Å². The number of imidazole rings is 1. The summed E-state index contributed by atoms with van der Waals surface area (Å²) in [4.78, 5) is 17.6. The first-order valence-corrected chi connectivity index (χ1v) is 14.8. The lowest BCUT2D eigenvalue weighted by Crippen LogP contribution is -2.43. The molecule has 9 heteroatoms. The zero-order chi connectivity index (χ0) is 27.3. The van der Waals surface area contributed by atoms with Gasteiger partial charge in [-0.25, -0.2) is 19.2 Å². The number of carbonyl (C=O) groups excluding carboxylic acids is 1. The normalized spacial score (nSPS) is 11.7. The van der Waals surface area contributed by atoms with E-state index in [4.69, 9.17) is 17.4 Å². The van der Waals surface area contributed by atoms with E-state index >= 15 is 0 Å². The van der Waals surface area contributed by atoms with Crippen LogP contribution in [0.4, 0.5) is 0 Å². The molecule has 200 valence electrons. The van der Waals surface area contributed by atoms with Crippen molar-refractivity contribution in [3.8, 4) is 0 Å². The molecule has 0 saturated carbocycles. The number of fused-ring (bicyclic) bond motifs is 1. The quantitative estimate of drug-likeness (QED) is 0.112. The molecule has 0 spiro atoms. The molecular weight excluding hydrogens is 520 g/mol. The van der Waals surface area contributed by atoms with Gasteiger partial charge in [0.05, 0.1) is 23.3 Å². The Kier molecular flexibility index (Phi) is 8.87. The molecule has 0 saturated heterocycles. The topological polar surface area (TPSA) is 98.3 Å². The summed E-state index contributed by atoms with van der Waals surface area (Å²) in [5.41, 5.74) is 4.95. The fraction of sp³-hybridized carbons (Fsp3) is 0.310. The van der Waals surface area contributed by atoms with E-state index in [1.807, 2.05) is 48.7 Å². The number of benzene rings is 3. The number of hydrogen-bond donors (Lipinski definition) is 1. The number of nitrogens with zero attached hydrogens (tertiary/aromatic N) is 3. The van der Waals surface area contributed by atoms with Crippen LogP contribution in [0.5, 0.6) is 0 Å². The van der Waals surface area contributed by atoms with E-state index in [2.05, 4.69) is 23.2 Å². The van der Waals surface area contributed by atoms with Crippen molar-refractivity contribution in [1.82, 2.24) is 14.0 Å².